The number of aryl methyl sites for hydroxylation is 1. The number of nitrogens with one attached hydrogen (secondary N) is 1. The predicted octanol–water partition coefficient (Wildman–Crippen LogP) is 3.61. The zero-order chi connectivity index (χ0) is 18.1. The van der Waals surface area contributed by atoms with Gasteiger partial charge in [-0.2, -0.15) is 0 Å². The van der Waals surface area contributed by atoms with Crippen molar-refractivity contribution in [2.24, 2.45) is 7.05 Å². The maximum Gasteiger partial charge on any atom is 0.174 e. The molecule has 1 saturated heterocycles. The summed E-state index contributed by atoms with van der Waals surface area (Å²) >= 11 is 5.72. The molecule has 5 nitrogen and oxygen atoms in total. The van der Waals surface area contributed by atoms with Crippen LogP contribution in [0.25, 0.3) is 0 Å². The second-order valence-corrected chi connectivity index (χ2v) is 6.67. The SMILES string of the molecule is COc1ccccc1N1C(=S)N[C@@H](c2ccccn2)[C@@H]1c1ccn(C)c1. The van der Waals surface area contributed by atoms with Crippen LogP contribution in [0.1, 0.15) is 23.3 Å². The van der Waals surface area contributed by atoms with E-state index in [2.05, 4.69) is 27.5 Å². The Labute approximate surface area is 158 Å². The number of hydrogen-bond acceptors (Lipinski definition) is 3. The Morgan fingerprint density at radius 1 is 1.12 bits per heavy atom. The summed E-state index contributed by atoms with van der Waals surface area (Å²) in [6, 6.07) is 16.0. The van der Waals surface area contributed by atoms with Crippen LogP contribution in [0, 0.1) is 0 Å². The van der Waals surface area contributed by atoms with Gasteiger partial charge in [-0.15, -0.1) is 0 Å². The third-order valence-corrected chi connectivity index (χ3v) is 4.95. The Hall–Kier alpha value is -2.86. The molecule has 2 aromatic heterocycles. The van der Waals surface area contributed by atoms with E-state index in [1.54, 1.807) is 7.11 Å². The van der Waals surface area contributed by atoms with Crippen LogP contribution in [0.15, 0.2) is 67.1 Å². The molecule has 132 valence electrons. The first-order valence-electron chi connectivity index (χ1n) is 8.44. The van der Waals surface area contributed by atoms with E-state index in [1.165, 1.54) is 5.56 Å². The zero-order valence-corrected chi connectivity index (χ0v) is 15.5. The van der Waals surface area contributed by atoms with E-state index in [-0.39, 0.29) is 12.1 Å². The Balaban J connectivity index is 1.85. The number of pyridine rings is 1. The van der Waals surface area contributed by atoms with Gasteiger partial charge in [-0.25, -0.2) is 0 Å². The van der Waals surface area contributed by atoms with Crippen LogP contribution in [-0.4, -0.2) is 21.8 Å². The molecule has 1 fully saturated rings. The Bertz CT molecular complexity index is 924. The average molecular weight is 364 g/mol. The highest BCUT2D eigenvalue weighted by Gasteiger charge is 2.41. The van der Waals surface area contributed by atoms with Crippen molar-refractivity contribution in [3.05, 3.63) is 78.4 Å². The van der Waals surface area contributed by atoms with Crippen LogP contribution in [0.2, 0.25) is 0 Å². The fourth-order valence-corrected chi connectivity index (χ4v) is 3.82. The third-order valence-electron chi connectivity index (χ3n) is 4.64. The van der Waals surface area contributed by atoms with Gasteiger partial charge in [-0.05, 0) is 48.1 Å². The van der Waals surface area contributed by atoms with Crippen LogP contribution < -0.4 is 15.0 Å². The summed E-state index contributed by atoms with van der Waals surface area (Å²) in [6.07, 6.45) is 5.99. The van der Waals surface area contributed by atoms with Crippen LogP contribution in [0.3, 0.4) is 0 Å². The molecule has 0 bridgehead atoms. The number of para-hydroxylation sites is 2. The Morgan fingerprint density at radius 2 is 1.92 bits per heavy atom. The minimum Gasteiger partial charge on any atom is -0.495 e. The molecule has 0 unspecified atom stereocenters. The summed E-state index contributed by atoms with van der Waals surface area (Å²) in [4.78, 5) is 6.69. The first kappa shape index (κ1) is 16.6. The van der Waals surface area contributed by atoms with E-state index >= 15 is 0 Å². The summed E-state index contributed by atoms with van der Waals surface area (Å²) in [7, 11) is 3.70. The third kappa shape index (κ3) is 2.82. The summed E-state index contributed by atoms with van der Waals surface area (Å²) in [5.74, 6) is 0.791. The molecule has 26 heavy (non-hydrogen) atoms. The molecule has 2 atom stereocenters. The van der Waals surface area contributed by atoms with Gasteiger partial charge < -0.3 is 19.5 Å². The molecule has 0 spiro atoms. The van der Waals surface area contributed by atoms with Gasteiger partial charge >= 0.3 is 0 Å². The second kappa shape index (κ2) is 6.80. The highest BCUT2D eigenvalue weighted by atomic mass is 32.1. The molecule has 1 aliphatic heterocycles. The number of nitrogens with zero attached hydrogens (tertiary/aromatic N) is 3. The molecule has 1 aliphatic rings. The van der Waals surface area contributed by atoms with E-state index in [0.29, 0.717) is 5.11 Å². The topological polar surface area (TPSA) is 42.3 Å². The number of aromatic nitrogens is 2. The smallest absolute Gasteiger partial charge is 0.174 e. The Kier molecular flexibility index (Phi) is 4.34. The molecule has 0 saturated carbocycles. The van der Waals surface area contributed by atoms with Gasteiger partial charge in [0.25, 0.3) is 0 Å². The molecule has 1 aromatic carbocycles. The quantitative estimate of drug-likeness (QED) is 0.717. The lowest BCUT2D eigenvalue weighted by molar-refractivity contribution is 0.414. The summed E-state index contributed by atoms with van der Waals surface area (Å²) in [5, 5.41) is 4.12. The van der Waals surface area contributed by atoms with E-state index in [4.69, 9.17) is 17.0 Å². The van der Waals surface area contributed by atoms with E-state index < -0.39 is 0 Å². The number of hydrogen-bond donors (Lipinski definition) is 1. The van der Waals surface area contributed by atoms with Crippen molar-refractivity contribution in [3.63, 3.8) is 0 Å². The maximum atomic E-state index is 5.72. The maximum absolute atomic E-state index is 5.72. The fraction of sp³-hybridized carbons (Fsp3) is 0.200. The lowest BCUT2D eigenvalue weighted by Gasteiger charge is -2.28. The van der Waals surface area contributed by atoms with Gasteiger partial charge in [0.2, 0.25) is 0 Å². The Morgan fingerprint density at radius 3 is 2.62 bits per heavy atom. The van der Waals surface area contributed by atoms with Crippen LogP contribution >= 0.6 is 12.2 Å². The number of rotatable bonds is 4. The van der Waals surface area contributed by atoms with Gasteiger partial charge in [-0.3, -0.25) is 4.98 Å². The van der Waals surface area contributed by atoms with Gasteiger partial charge in [-0.1, -0.05) is 18.2 Å². The molecule has 3 aromatic rings. The molecule has 0 amide bonds. The molecule has 0 radical (unpaired) electrons. The monoisotopic (exact) mass is 364 g/mol. The van der Waals surface area contributed by atoms with Crippen molar-refractivity contribution in [1.82, 2.24) is 14.9 Å². The summed E-state index contributed by atoms with van der Waals surface area (Å²) < 4.78 is 7.63. The van der Waals surface area contributed by atoms with Crippen molar-refractivity contribution < 1.29 is 4.74 Å². The number of ether oxygens (including phenoxy) is 1. The lowest BCUT2D eigenvalue weighted by atomic mass is 9.98. The molecule has 1 N–H and O–H groups in total. The molecule has 3 heterocycles. The molecular weight excluding hydrogens is 344 g/mol. The van der Waals surface area contributed by atoms with Gasteiger partial charge in [0.15, 0.2) is 5.11 Å². The van der Waals surface area contributed by atoms with Crippen molar-refractivity contribution in [2.45, 2.75) is 12.1 Å². The van der Waals surface area contributed by atoms with E-state index in [0.717, 1.165) is 17.1 Å². The first-order valence-corrected chi connectivity index (χ1v) is 8.85. The van der Waals surface area contributed by atoms with Crippen LogP contribution in [-0.2, 0) is 7.05 Å². The number of thiocarbonyl (C=S) groups is 1. The second-order valence-electron chi connectivity index (χ2n) is 6.28. The minimum absolute atomic E-state index is 0.0186. The summed E-state index contributed by atoms with van der Waals surface area (Å²) in [6.45, 7) is 0. The minimum atomic E-state index is -0.0454. The average Bonchev–Trinajstić information content (AvgIpc) is 3.25. The van der Waals surface area contributed by atoms with E-state index in [9.17, 15) is 0 Å². The van der Waals surface area contributed by atoms with Gasteiger partial charge in [0, 0.05) is 25.6 Å². The molecule has 4 rings (SSSR count). The molecule has 0 aliphatic carbocycles. The summed E-state index contributed by atoms with van der Waals surface area (Å²) in [5.41, 5.74) is 3.07. The van der Waals surface area contributed by atoms with Crippen molar-refractivity contribution in [3.8, 4) is 5.75 Å². The molecule has 6 heteroatoms. The fourth-order valence-electron chi connectivity index (χ4n) is 3.48. The number of anilines is 1. The first-order chi connectivity index (χ1) is 12.7. The lowest BCUT2D eigenvalue weighted by Crippen LogP contribution is -2.29. The predicted molar refractivity (Wildman–Crippen MR) is 106 cm³/mol. The zero-order valence-electron chi connectivity index (χ0n) is 14.7. The van der Waals surface area contributed by atoms with Crippen LogP contribution in [0.4, 0.5) is 5.69 Å². The largest absolute Gasteiger partial charge is 0.495 e. The van der Waals surface area contributed by atoms with Gasteiger partial charge in [0.1, 0.15) is 5.75 Å². The molecular formula is C20H20N4OS. The van der Waals surface area contributed by atoms with Gasteiger partial charge in [0.05, 0.1) is 30.6 Å². The number of benzene rings is 1. The highest BCUT2D eigenvalue weighted by Crippen LogP contribution is 2.44. The highest BCUT2D eigenvalue weighted by molar-refractivity contribution is 7.80. The standard InChI is InChI=1S/C20H20N4OS/c1-23-12-10-14(13-23)19-18(15-7-5-6-11-21-15)22-20(26)24(19)16-8-3-4-9-17(16)25-2/h3-13,18-19H,1-2H3,(H,22,26)/t18-,19-/m0/s1. The number of methoxy groups -OCH3 is 1. The van der Waals surface area contributed by atoms with Crippen molar-refractivity contribution in [2.75, 3.05) is 12.0 Å². The van der Waals surface area contributed by atoms with Crippen molar-refractivity contribution >= 4 is 23.0 Å². The normalized spacial score (nSPS) is 19.5. The van der Waals surface area contributed by atoms with Crippen LogP contribution in [0.5, 0.6) is 5.75 Å². The van der Waals surface area contributed by atoms with Crippen molar-refractivity contribution in [1.29, 1.82) is 0 Å². The van der Waals surface area contributed by atoms with E-state index in [1.807, 2.05) is 66.5 Å².